The maximum atomic E-state index is 13.2. The van der Waals surface area contributed by atoms with Gasteiger partial charge in [0, 0.05) is 48.0 Å². The molecular weight excluding hydrogens is 386 g/mol. The van der Waals surface area contributed by atoms with Crippen LogP contribution in [-0.4, -0.2) is 68.3 Å². The molecule has 1 atom stereocenters. The second kappa shape index (κ2) is 8.75. The van der Waals surface area contributed by atoms with Crippen molar-refractivity contribution in [3.05, 3.63) is 47.1 Å². The van der Waals surface area contributed by atoms with Crippen molar-refractivity contribution in [3.8, 4) is 0 Å². The molecular formula is C21H29N5O2S. The van der Waals surface area contributed by atoms with Gasteiger partial charge in [0.1, 0.15) is 0 Å². The van der Waals surface area contributed by atoms with Crippen LogP contribution >= 0.6 is 11.8 Å². The molecule has 7 nitrogen and oxygen atoms in total. The standard InChI is InChI=1S/C21H29N5O2S/c1-4-7-26-19-6-5-16(24(3)14-17-12-15(2)23-28-17)13-18(19)20(22-26)21(27)25-8-10-29-11-9-25/h4,12,16H,1,5-11,13-14H2,2-3H3/t16-/m1/s1. The van der Waals surface area contributed by atoms with E-state index in [1.807, 2.05) is 40.4 Å². The zero-order valence-electron chi connectivity index (χ0n) is 17.3. The first-order valence-corrected chi connectivity index (χ1v) is 11.4. The SMILES string of the molecule is C=CCn1nc(C(=O)N2CCSCC2)c2c1CC[C@@H](N(C)Cc1cc(C)no1)C2. The molecule has 1 aliphatic carbocycles. The molecule has 1 amide bonds. The van der Waals surface area contributed by atoms with Crippen LogP contribution in [0.5, 0.6) is 0 Å². The molecule has 1 saturated heterocycles. The molecule has 0 radical (unpaired) electrons. The van der Waals surface area contributed by atoms with Gasteiger partial charge in [-0.3, -0.25) is 14.4 Å². The number of allylic oxidation sites excluding steroid dienone is 1. The van der Waals surface area contributed by atoms with Crippen LogP contribution in [0, 0.1) is 6.92 Å². The Morgan fingerprint density at radius 1 is 1.45 bits per heavy atom. The van der Waals surface area contributed by atoms with E-state index in [1.54, 1.807) is 0 Å². The fourth-order valence-electron chi connectivity index (χ4n) is 4.27. The monoisotopic (exact) mass is 415 g/mol. The van der Waals surface area contributed by atoms with E-state index in [0.717, 1.165) is 60.9 Å². The highest BCUT2D eigenvalue weighted by Gasteiger charge is 2.32. The first-order valence-electron chi connectivity index (χ1n) is 10.3. The van der Waals surface area contributed by atoms with Crippen molar-refractivity contribution in [2.24, 2.45) is 0 Å². The molecule has 1 aliphatic heterocycles. The van der Waals surface area contributed by atoms with Gasteiger partial charge in [-0.15, -0.1) is 6.58 Å². The molecule has 0 N–H and O–H groups in total. The van der Waals surface area contributed by atoms with Gasteiger partial charge < -0.3 is 9.42 Å². The van der Waals surface area contributed by atoms with Crippen LogP contribution in [0.4, 0.5) is 0 Å². The van der Waals surface area contributed by atoms with Crippen molar-refractivity contribution in [1.29, 1.82) is 0 Å². The van der Waals surface area contributed by atoms with Gasteiger partial charge in [-0.25, -0.2) is 0 Å². The van der Waals surface area contributed by atoms with Gasteiger partial charge in [0.05, 0.1) is 18.8 Å². The fraction of sp³-hybridized carbons (Fsp3) is 0.571. The van der Waals surface area contributed by atoms with Crippen LogP contribution in [0.1, 0.15) is 39.6 Å². The minimum absolute atomic E-state index is 0.0820. The third-order valence-electron chi connectivity index (χ3n) is 5.83. The predicted molar refractivity (Wildman–Crippen MR) is 114 cm³/mol. The molecule has 2 aromatic rings. The molecule has 0 spiro atoms. The average Bonchev–Trinajstić information content (AvgIpc) is 3.31. The van der Waals surface area contributed by atoms with Gasteiger partial charge >= 0.3 is 0 Å². The van der Waals surface area contributed by atoms with E-state index >= 15 is 0 Å². The number of hydrogen-bond acceptors (Lipinski definition) is 6. The summed E-state index contributed by atoms with van der Waals surface area (Å²) in [4.78, 5) is 17.5. The number of rotatable bonds is 6. The van der Waals surface area contributed by atoms with Gasteiger partial charge in [0.25, 0.3) is 5.91 Å². The van der Waals surface area contributed by atoms with Crippen LogP contribution in [0.2, 0.25) is 0 Å². The van der Waals surface area contributed by atoms with Crippen molar-refractivity contribution in [3.63, 3.8) is 0 Å². The van der Waals surface area contributed by atoms with E-state index in [2.05, 4.69) is 23.7 Å². The van der Waals surface area contributed by atoms with E-state index in [4.69, 9.17) is 9.62 Å². The molecule has 0 saturated carbocycles. The van der Waals surface area contributed by atoms with Gasteiger partial charge in [0.2, 0.25) is 0 Å². The maximum absolute atomic E-state index is 13.2. The molecule has 4 rings (SSSR count). The van der Waals surface area contributed by atoms with Crippen molar-refractivity contribution in [1.82, 2.24) is 24.7 Å². The average molecular weight is 416 g/mol. The summed E-state index contributed by atoms with van der Waals surface area (Å²) >= 11 is 1.91. The van der Waals surface area contributed by atoms with E-state index < -0.39 is 0 Å². The number of aryl methyl sites for hydroxylation is 1. The number of carbonyl (C=O) groups excluding carboxylic acids is 1. The van der Waals surface area contributed by atoms with E-state index in [9.17, 15) is 4.79 Å². The zero-order valence-corrected chi connectivity index (χ0v) is 18.1. The Balaban J connectivity index is 1.56. The van der Waals surface area contributed by atoms with E-state index in [-0.39, 0.29) is 5.91 Å². The largest absolute Gasteiger partial charge is 0.360 e. The van der Waals surface area contributed by atoms with Crippen LogP contribution in [-0.2, 0) is 25.9 Å². The number of aromatic nitrogens is 3. The summed E-state index contributed by atoms with van der Waals surface area (Å²) in [6, 6.07) is 2.33. The predicted octanol–water partition coefficient (Wildman–Crippen LogP) is 2.54. The van der Waals surface area contributed by atoms with Crippen molar-refractivity contribution in [2.75, 3.05) is 31.6 Å². The number of carbonyl (C=O) groups is 1. The lowest BCUT2D eigenvalue weighted by atomic mass is 9.90. The zero-order chi connectivity index (χ0) is 20.4. The number of amides is 1. The summed E-state index contributed by atoms with van der Waals surface area (Å²) in [6.07, 6.45) is 4.64. The molecule has 0 bridgehead atoms. The number of fused-ring (bicyclic) bond motifs is 1. The Morgan fingerprint density at radius 3 is 2.93 bits per heavy atom. The summed E-state index contributed by atoms with van der Waals surface area (Å²) in [6.45, 7) is 8.76. The lowest BCUT2D eigenvalue weighted by Gasteiger charge is -2.31. The summed E-state index contributed by atoms with van der Waals surface area (Å²) < 4.78 is 7.37. The summed E-state index contributed by atoms with van der Waals surface area (Å²) in [7, 11) is 2.12. The third-order valence-corrected chi connectivity index (χ3v) is 6.77. The molecule has 8 heteroatoms. The lowest BCUT2D eigenvalue weighted by molar-refractivity contribution is 0.0763. The highest BCUT2D eigenvalue weighted by atomic mass is 32.2. The fourth-order valence-corrected chi connectivity index (χ4v) is 5.18. The third kappa shape index (κ3) is 4.28. The first-order chi connectivity index (χ1) is 14.1. The molecule has 0 unspecified atom stereocenters. The van der Waals surface area contributed by atoms with Crippen molar-refractivity contribution < 1.29 is 9.32 Å². The Bertz CT molecular complexity index is 884. The Labute approximate surface area is 176 Å². The minimum atomic E-state index is 0.0820. The van der Waals surface area contributed by atoms with Gasteiger partial charge in [-0.2, -0.15) is 16.9 Å². The molecule has 2 aromatic heterocycles. The highest BCUT2D eigenvalue weighted by Crippen LogP contribution is 2.29. The van der Waals surface area contributed by atoms with E-state index in [1.165, 1.54) is 5.69 Å². The number of hydrogen-bond donors (Lipinski definition) is 0. The van der Waals surface area contributed by atoms with E-state index in [0.29, 0.717) is 24.8 Å². The Kier molecular flexibility index (Phi) is 6.10. The van der Waals surface area contributed by atoms with Crippen LogP contribution < -0.4 is 0 Å². The number of likely N-dealkylation sites (N-methyl/N-ethyl adjacent to an activating group) is 1. The highest BCUT2D eigenvalue weighted by molar-refractivity contribution is 7.99. The topological polar surface area (TPSA) is 67.4 Å². The smallest absolute Gasteiger partial charge is 0.274 e. The number of thioether (sulfide) groups is 1. The Hall–Kier alpha value is -2.06. The molecule has 1 fully saturated rings. The maximum Gasteiger partial charge on any atom is 0.274 e. The second-order valence-corrected chi connectivity index (χ2v) is 9.12. The van der Waals surface area contributed by atoms with Crippen LogP contribution in [0.3, 0.4) is 0 Å². The molecule has 0 aromatic carbocycles. The second-order valence-electron chi connectivity index (χ2n) is 7.90. The van der Waals surface area contributed by atoms with Crippen molar-refractivity contribution in [2.45, 2.75) is 45.3 Å². The van der Waals surface area contributed by atoms with Gasteiger partial charge in [-0.05, 0) is 33.2 Å². The van der Waals surface area contributed by atoms with Crippen LogP contribution in [0.15, 0.2) is 23.2 Å². The summed E-state index contributed by atoms with van der Waals surface area (Å²) in [5.74, 6) is 2.96. The lowest BCUT2D eigenvalue weighted by Crippen LogP contribution is -2.40. The Morgan fingerprint density at radius 2 is 2.24 bits per heavy atom. The molecule has 3 heterocycles. The molecule has 2 aliphatic rings. The molecule has 156 valence electrons. The summed E-state index contributed by atoms with van der Waals surface area (Å²) in [5, 5.41) is 8.73. The summed E-state index contributed by atoms with van der Waals surface area (Å²) in [5.41, 5.74) is 3.85. The van der Waals surface area contributed by atoms with Gasteiger partial charge in [-0.1, -0.05) is 11.2 Å². The normalized spacial score (nSPS) is 19.4. The quantitative estimate of drug-likeness (QED) is 0.676. The first kappa shape index (κ1) is 20.2. The minimum Gasteiger partial charge on any atom is -0.360 e. The van der Waals surface area contributed by atoms with Crippen LogP contribution in [0.25, 0.3) is 0 Å². The van der Waals surface area contributed by atoms with Crippen molar-refractivity contribution >= 4 is 17.7 Å². The number of nitrogens with zero attached hydrogens (tertiary/aromatic N) is 5. The van der Waals surface area contributed by atoms with Gasteiger partial charge in [0.15, 0.2) is 11.5 Å². The molecule has 29 heavy (non-hydrogen) atoms.